The van der Waals surface area contributed by atoms with Gasteiger partial charge in [-0.15, -0.1) is 0 Å². The highest BCUT2D eigenvalue weighted by molar-refractivity contribution is 8.00. The first-order valence-electron chi connectivity index (χ1n) is 6.81. The maximum Gasteiger partial charge on any atom is 0.253 e. The molecule has 3 rings (SSSR count). The maximum atomic E-state index is 13.6. The van der Waals surface area contributed by atoms with Crippen LogP contribution in [0.3, 0.4) is 0 Å². The molecule has 2 aromatic rings. The molecule has 4 nitrogen and oxygen atoms in total. The Hall–Kier alpha value is -1.34. The Labute approximate surface area is 130 Å². The van der Waals surface area contributed by atoms with Crippen LogP contribution < -0.4 is 5.32 Å². The fourth-order valence-corrected chi connectivity index (χ4v) is 4.08. The van der Waals surface area contributed by atoms with Crippen LogP contribution in [0, 0.1) is 10.6 Å². The molecule has 1 fully saturated rings. The van der Waals surface area contributed by atoms with Crippen LogP contribution in [0.15, 0.2) is 12.1 Å². The lowest BCUT2D eigenvalue weighted by Gasteiger charge is -2.22. The fourth-order valence-electron chi connectivity index (χ4n) is 2.63. The van der Waals surface area contributed by atoms with Crippen molar-refractivity contribution in [2.75, 3.05) is 12.3 Å². The normalized spacial score (nSPS) is 21.8. The minimum absolute atomic E-state index is 0.0765. The molecule has 1 atom stereocenters. The van der Waals surface area contributed by atoms with Crippen LogP contribution >= 0.6 is 24.0 Å². The average Bonchev–Trinajstić information content (AvgIpc) is 3.01. The summed E-state index contributed by atoms with van der Waals surface area (Å²) in [7, 11) is 0. The molecule has 1 saturated heterocycles. The van der Waals surface area contributed by atoms with Crippen LogP contribution in [0.5, 0.6) is 0 Å². The quantitative estimate of drug-likeness (QED) is 0.758. The molecular weight excluding hydrogens is 309 g/mol. The second kappa shape index (κ2) is 5.46. The van der Waals surface area contributed by atoms with Crippen molar-refractivity contribution in [2.24, 2.45) is 0 Å². The molecule has 2 heterocycles. The number of nitrogens with one attached hydrogen (secondary N) is 3. The van der Waals surface area contributed by atoms with Crippen LogP contribution in [0.4, 0.5) is 4.39 Å². The smallest absolute Gasteiger partial charge is 0.253 e. The molecular formula is C14H16FN3OS2. The van der Waals surface area contributed by atoms with Crippen LogP contribution in [0.2, 0.25) is 0 Å². The largest absolute Gasteiger partial charge is 0.351 e. The van der Waals surface area contributed by atoms with E-state index in [1.54, 1.807) is 0 Å². The number of imidazole rings is 1. The highest BCUT2D eigenvalue weighted by Crippen LogP contribution is 2.37. The van der Waals surface area contributed by atoms with Crippen LogP contribution in [0.1, 0.15) is 30.1 Å². The monoisotopic (exact) mass is 325 g/mol. The van der Waals surface area contributed by atoms with Gasteiger partial charge in [-0.25, -0.2) is 4.39 Å². The maximum absolute atomic E-state index is 13.6. The highest BCUT2D eigenvalue weighted by Gasteiger charge is 2.30. The molecule has 1 unspecified atom stereocenters. The summed E-state index contributed by atoms with van der Waals surface area (Å²) >= 11 is 6.88. The van der Waals surface area contributed by atoms with Crippen LogP contribution in [-0.4, -0.2) is 32.9 Å². The number of fused-ring (bicyclic) bond motifs is 1. The number of H-pyrrole nitrogens is 2. The number of hydrogen-bond acceptors (Lipinski definition) is 3. The van der Waals surface area contributed by atoms with E-state index in [0.717, 1.165) is 12.2 Å². The van der Waals surface area contributed by atoms with Crippen molar-refractivity contribution in [1.82, 2.24) is 15.3 Å². The van der Waals surface area contributed by atoms with Crippen molar-refractivity contribution in [1.29, 1.82) is 0 Å². The second-order valence-electron chi connectivity index (χ2n) is 5.54. The first-order chi connectivity index (χ1) is 9.97. The molecule has 112 valence electrons. The van der Waals surface area contributed by atoms with Crippen molar-refractivity contribution in [3.8, 4) is 0 Å². The Balaban J connectivity index is 1.85. The third-order valence-corrected chi connectivity index (χ3v) is 5.50. The lowest BCUT2D eigenvalue weighted by Crippen LogP contribution is -2.36. The first kappa shape index (κ1) is 14.6. The third kappa shape index (κ3) is 2.98. The van der Waals surface area contributed by atoms with E-state index >= 15 is 0 Å². The lowest BCUT2D eigenvalue weighted by atomic mass is 10.1. The third-order valence-electron chi connectivity index (χ3n) is 3.76. The minimum atomic E-state index is -0.459. The second-order valence-corrected chi connectivity index (χ2v) is 7.63. The summed E-state index contributed by atoms with van der Waals surface area (Å²) in [6, 6.07) is 2.56. The topological polar surface area (TPSA) is 60.7 Å². The SMILES string of the molecule is CC1(CNC(=O)c2cc(F)cc3[nH]c(=S)[nH]c23)CCCS1. The zero-order valence-electron chi connectivity index (χ0n) is 11.6. The summed E-state index contributed by atoms with van der Waals surface area (Å²) in [6.07, 6.45) is 2.26. The van der Waals surface area contributed by atoms with Gasteiger partial charge in [0.25, 0.3) is 5.91 Å². The number of thioether (sulfide) groups is 1. The van der Waals surface area contributed by atoms with Gasteiger partial charge >= 0.3 is 0 Å². The van der Waals surface area contributed by atoms with Crippen molar-refractivity contribution < 1.29 is 9.18 Å². The predicted octanol–water partition coefficient (Wildman–Crippen LogP) is 3.38. The van der Waals surface area contributed by atoms with E-state index in [4.69, 9.17) is 12.2 Å². The Morgan fingerprint density at radius 3 is 3.05 bits per heavy atom. The van der Waals surface area contributed by atoms with Gasteiger partial charge in [-0.1, -0.05) is 0 Å². The average molecular weight is 325 g/mol. The molecule has 21 heavy (non-hydrogen) atoms. The van der Waals surface area contributed by atoms with Gasteiger partial charge in [0.15, 0.2) is 4.77 Å². The summed E-state index contributed by atoms with van der Waals surface area (Å²) < 4.78 is 14.1. The van der Waals surface area contributed by atoms with Gasteiger partial charge in [0, 0.05) is 11.3 Å². The van der Waals surface area contributed by atoms with E-state index in [0.29, 0.717) is 22.3 Å². The molecule has 0 bridgehead atoms. The zero-order valence-corrected chi connectivity index (χ0v) is 13.2. The molecule has 3 N–H and O–H groups in total. The summed E-state index contributed by atoms with van der Waals surface area (Å²) in [6.45, 7) is 2.73. The van der Waals surface area contributed by atoms with Gasteiger partial charge in [-0.2, -0.15) is 11.8 Å². The predicted molar refractivity (Wildman–Crippen MR) is 85.9 cm³/mol. The van der Waals surface area contributed by atoms with E-state index in [2.05, 4.69) is 22.2 Å². The number of carbonyl (C=O) groups excluding carboxylic acids is 1. The van der Waals surface area contributed by atoms with E-state index < -0.39 is 5.82 Å². The van der Waals surface area contributed by atoms with Gasteiger partial charge < -0.3 is 15.3 Å². The number of aromatic amines is 2. The molecule has 1 amide bonds. The molecule has 0 saturated carbocycles. The molecule has 1 aliphatic rings. The van der Waals surface area contributed by atoms with Crippen molar-refractivity contribution in [3.05, 3.63) is 28.3 Å². The van der Waals surface area contributed by atoms with Crippen molar-refractivity contribution in [2.45, 2.75) is 24.5 Å². The minimum Gasteiger partial charge on any atom is -0.351 e. The van der Waals surface area contributed by atoms with Gasteiger partial charge in [-0.05, 0) is 49.9 Å². The summed E-state index contributed by atoms with van der Waals surface area (Å²) in [5.74, 6) is 0.388. The summed E-state index contributed by atoms with van der Waals surface area (Å²) in [5.41, 5.74) is 1.33. The number of aromatic nitrogens is 2. The first-order valence-corrected chi connectivity index (χ1v) is 8.20. The standard InChI is InChI=1S/C14H16FN3OS2/c1-14(3-2-4-21-14)7-16-12(19)9-5-8(15)6-10-11(9)18-13(20)17-10/h5-6H,2-4,7H2,1H3,(H,16,19)(H2,17,18,20). The van der Waals surface area contributed by atoms with Crippen molar-refractivity contribution >= 4 is 40.9 Å². The van der Waals surface area contributed by atoms with Crippen molar-refractivity contribution in [3.63, 3.8) is 0 Å². The van der Waals surface area contributed by atoms with Gasteiger partial charge in [0.2, 0.25) is 0 Å². The number of amides is 1. The number of rotatable bonds is 3. The molecule has 7 heteroatoms. The summed E-state index contributed by atoms with van der Waals surface area (Å²) in [4.78, 5) is 18.1. The Morgan fingerprint density at radius 2 is 2.33 bits per heavy atom. The number of hydrogen-bond donors (Lipinski definition) is 3. The highest BCUT2D eigenvalue weighted by atomic mass is 32.2. The van der Waals surface area contributed by atoms with E-state index in [9.17, 15) is 9.18 Å². The molecule has 1 aromatic heterocycles. The van der Waals surface area contributed by atoms with Gasteiger partial charge in [0.05, 0.1) is 16.6 Å². The van der Waals surface area contributed by atoms with E-state index in [1.165, 1.54) is 18.6 Å². The number of carbonyl (C=O) groups is 1. The molecule has 0 spiro atoms. The number of halogens is 1. The van der Waals surface area contributed by atoms with E-state index in [1.807, 2.05) is 11.8 Å². The Bertz CT molecular complexity index is 746. The fraction of sp³-hybridized carbons (Fsp3) is 0.429. The Morgan fingerprint density at radius 1 is 1.52 bits per heavy atom. The molecule has 0 aliphatic carbocycles. The zero-order chi connectivity index (χ0) is 15.0. The van der Waals surface area contributed by atoms with Crippen LogP contribution in [-0.2, 0) is 0 Å². The van der Waals surface area contributed by atoms with Gasteiger partial charge in [-0.3, -0.25) is 4.79 Å². The molecule has 0 radical (unpaired) electrons. The molecule has 1 aromatic carbocycles. The summed E-state index contributed by atoms with van der Waals surface area (Å²) in [5, 5.41) is 2.92. The van der Waals surface area contributed by atoms with Gasteiger partial charge in [0.1, 0.15) is 5.82 Å². The van der Waals surface area contributed by atoms with E-state index in [-0.39, 0.29) is 16.2 Å². The molecule has 1 aliphatic heterocycles. The number of benzene rings is 1. The Kier molecular flexibility index (Phi) is 3.79. The lowest BCUT2D eigenvalue weighted by molar-refractivity contribution is 0.0951. The van der Waals surface area contributed by atoms with Crippen LogP contribution in [0.25, 0.3) is 11.0 Å².